The minimum Gasteiger partial charge on any atom is -0.491 e. The van der Waals surface area contributed by atoms with Gasteiger partial charge in [-0.25, -0.2) is 9.59 Å². The summed E-state index contributed by atoms with van der Waals surface area (Å²) in [5.41, 5.74) is 0.257. The molecule has 1 atom stereocenters. The maximum Gasteiger partial charge on any atom is 0.412 e. The zero-order chi connectivity index (χ0) is 23.8. The van der Waals surface area contributed by atoms with Gasteiger partial charge in [-0.15, -0.1) is 0 Å². The predicted octanol–water partition coefficient (Wildman–Crippen LogP) is 5.17. The van der Waals surface area contributed by atoms with Crippen LogP contribution in [0.25, 0.3) is 10.8 Å². The Hall–Kier alpha value is -3.84. The molecule has 0 spiro atoms. The van der Waals surface area contributed by atoms with Gasteiger partial charge in [0.05, 0.1) is 12.3 Å². The molecular weight excluding hydrogens is 422 g/mol. The average molecular weight is 450 g/mol. The van der Waals surface area contributed by atoms with E-state index in [-0.39, 0.29) is 13.2 Å². The van der Waals surface area contributed by atoms with Crippen molar-refractivity contribution >= 4 is 28.5 Å². The number of aliphatic hydroxyl groups is 1. The number of para-hydroxylation sites is 1. The van der Waals surface area contributed by atoms with Crippen LogP contribution in [-0.2, 0) is 9.53 Å². The molecule has 0 unspecified atom stereocenters. The van der Waals surface area contributed by atoms with Gasteiger partial charge in [0.15, 0.2) is 0 Å². The summed E-state index contributed by atoms with van der Waals surface area (Å²) >= 11 is 0. The van der Waals surface area contributed by atoms with Crippen LogP contribution in [0.4, 0.5) is 10.5 Å². The number of fused-ring (bicyclic) bond motifs is 1. The Morgan fingerprint density at radius 3 is 2.48 bits per heavy atom. The molecule has 3 rings (SSSR count). The molecule has 0 heterocycles. The van der Waals surface area contributed by atoms with Crippen LogP contribution in [0.2, 0.25) is 0 Å². The molecule has 0 aromatic heterocycles. The molecule has 33 heavy (non-hydrogen) atoms. The molecule has 172 valence electrons. The summed E-state index contributed by atoms with van der Waals surface area (Å²) in [5, 5.41) is 22.9. The second kappa shape index (κ2) is 10.7. The number of carboxylic acid groups (broad SMARTS) is 1. The van der Waals surface area contributed by atoms with Crippen molar-refractivity contribution in [3.8, 4) is 5.75 Å². The highest BCUT2D eigenvalue weighted by molar-refractivity contribution is 6.00. The highest BCUT2D eigenvalue weighted by Crippen LogP contribution is 2.42. The van der Waals surface area contributed by atoms with E-state index in [0.29, 0.717) is 17.0 Å². The molecule has 0 fully saturated rings. The van der Waals surface area contributed by atoms with Crippen molar-refractivity contribution in [2.45, 2.75) is 20.0 Å². The summed E-state index contributed by atoms with van der Waals surface area (Å²) in [5.74, 6) is -0.668. The number of carbonyl (C=O) groups is 2. The fourth-order valence-corrected chi connectivity index (χ4v) is 3.55. The first-order chi connectivity index (χ1) is 15.8. The zero-order valence-corrected chi connectivity index (χ0v) is 18.5. The van der Waals surface area contributed by atoms with Gasteiger partial charge in [-0.1, -0.05) is 74.5 Å². The highest BCUT2D eigenvalue weighted by Gasteiger charge is 2.34. The number of ether oxygens (including phenoxy) is 2. The third kappa shape index (κ3) is 6.11. The van der Waals surface area contributed by atoms with Gasteiger partial charge in [0.25, 0.3) is 0 Å². The second-order valence-electron chi connectivity index (χ2n) is 8.04. The maximum atomic E-state index is 13.0. The lowest BCUT2D eigenvalue weighted by atomic mass is 9.81. The number of carboxylic acids is 1. The van der Waals surface area contributed by atoms with E-state index in [4.69, 9.17) is 19.7 Å². The quantitative estimate of drug-likeness (QED) is 0.389. The lowest BCUT2D eigenvalue weighted by Gasteiger charge is -2.32. The molecule has 0 saturated carbocycles. The number of anilines is 1. The lowest BCUT2D eigenvalue weighted by molar-refractivity contribution is -0.131. The average Bonchev–Trinajstić information content (AvgIpc) is 2.80. The van der Waals surface area contributed by atoms with Gasteiger partial charge in [0.1, 0.15) is 18.5 Å². The Labute approximate surface area is 192 Å². The zero-order valence-electron chi connectivity index (χ0n) is 18.5. The van der Waals surface area contributed by atoms with Crippen LogP contribution in [0.15, 0.2) is 78.9 Å². The molecule has 3 aromatic carbocycles. The fraction of sp³-hybridized carbons (Fsp3) is 0.231. The van der Waals surface area contributed by atoms with Crippen molar-refractivity contribution in [3.63, 3.8) is 0 Å². The van der Waals surface area contributed by atoms with Gasteiger partial charge in [0.2, 0.25) is 0 Å². The van der Waals surface area contributed by atoms with E-state index in [1.807, 2.05) is 36.4 Å². The van der Waals surface area contributed by atoms with Crippen molar-refractivity contribution in [2.75, 3.05) is 18.5 Å². The molecule has 0 aliphatic carbocycles. The Bertz CT molecular complexity index is 1150. The number of nitrogens with one attached hydrogen (secondary N) is 1. The van der Waals surface area contributed by atoms with Crippen molar-refractivity contribution in [3.05, 3.63) is 84.4 Å². The molecule has 0 radical (unpaired) electrons. The largest absolute Gasteiger partial charge is 0.491 e. The van der Waals surface area contributed by atoms with Gasteiger partial charge in [-0.3, -0.25) is 5.32 Å². The highest BCUT2D eigenvalue weighted by atomic mass is 16.6. The van der Waals surface area contributed by atoms with Crippen LogP contribution in [0.1, 0.15) is 25.5 Å². The monoisotopic (exact) mass is 449 g/mol. The lowest BCUT2D eigenvalue weighted by Crippen LogP contribution is -2.28. The molecule has 0 saturated heterocycles. The number of carbonyl (C=O) groups excluding carboxylic acids is 1. The molecule has 7 heteroatoms. The standard InChI is InChI=1S/C26H27NO6/c1-26(2,15-14-23(29)30)24(20-11-5-6-13-22(20)32-17-16-28)33-25(31)27-21-12-7-9-18-8-3-4-10-19(18)21/h3-15,24,28H,16-17H2,1-2H3,(H,27,31)(H,29,30)/b15-14+/t24-/m1/s1. The fourth-order valence-electron chi connectivity index (χ4n) is 3.55. The van der Waals surface area contributed by atoms with E-state index < -0.39 is 23.6 Å². The first-order valence-corrected chi connectivity index (χ1v) is 10.5. The van der Waals surface area contributed by atoms with Gasteiger partial charge >= 0.3 is 12.1 Å². The summed E-state index contributed by atoms with van der Waals surface area (Å²) in [7, 11) is 0. The summed E-state index contributed by atoms with van der Waals surface area (Å²) in [6.45, 7) is 3.43. The SMILES string of the molecule is CC(C)(/C=C/C(=O)O)[C@H](OC(=O)Nc1cccc2ccccc12)c1ccccc1OCCO. The van der Waals surface area contributed by atoms with Gasteiger partial charge < -0.3 is 19.7 Å². The first-order valence-electron chi connectivity index (χ1n) is 10.5. The van der Waals surface area contributed by atoms with Crippen LogP contribution in [0.5, 0.6) is 5.75 Å². The molecule has 3 N–H and O–H groups in total. The number of rotatable bonds is 9. The molecule has 7 nitrogen and oxygen atoms in total. The number of aliphatic carboxylic acids is 1. The van der Waals surface area contributed by atoms with E-state index in [2.05, 4.69) is 5.32 Å². The summed E-state index contributed by atoms with van der Waals surface area (Å²) in [6, 6.07) is 20.2. The number of aliphatic hydroxyl groups excluding tert-OH is 1. The van der Waals surface area contributed by atoms with Crippen molar-refractivity contribution in [1.82, 2.24) is 0 Å². The molecule has 0 bridgehead atoms. The molecular formula is C26H27NO6. The maximum absolute atomic E-state index is 13.0. The first kappa shape index (κ1) is 23.8. The second-order valence-corrected chi connectivity index (χ2v) is 8.04. The Balaban J connectivity index is 1.94. The van der Waals surface area contributed by atoms with Gasteiger partial charge in [0, 0.05) is 22.4 Å². The van der Waals surface area contributed by atoms with Crippen LogP contribution in [0, 0.1) is 5.41 Å². The van der Waals surface area contributed by atoms with Crippen LogP contribution in [0.3, 0.4) is 0 Å². The molecule has 0 aliphatic heterocycles. The van der Waals surface area contributed by atoms with E-state index in [1.54, 1.807) is 44.2 Å². The molecule has 3 aromatic rings. The van der Waals surface area contributed by atoms with Gasteiger partial charge in [-0.05, 0) is 17.5 Å². The van der Waals surface area contributed by atoms with Crippen LogP contribution >= 0.6 is 0 Å². The third-order valence-corrected chi connectivity index (χ3v) is 5.13. The Morgan fingerprint density at radius 1 is 1.03 bits per heavy atom. The summed E-state index contributed by atoms with van der Waals surface area (Å²) in [4.78, 5) is 24.1. The Morgan fingerprint density at radius 2 is 1.73 bits per heavy atom. The molecule has 0 aliphatic rings. The van der Waals surface area contributed by atoms with Crippen molar-refractivity contribution < 1.29 is 29.3 Å². The van der Waals surface area contributed by atoms with Crippen molar-refractivity contribution in [1.29, 1.82) is 0 Å². The van der Waals surface area contributed by atoms with Crippen LogP contribution < -0.4 is 10.1 Å². The molecule has 1 amide bonds. The minimum absolute atomic E-state index is 0.0668. The number of hydrogen-bond acceptors (Lipinski definition) is 5. The third-order valence-electron chi connectivity index (χ3n) is 5.13. The number of amides is 1. The number of benzene rings is 3. The summed E-state index contributed by atoms with van der Waals surface area (Å²) < 4.78 is 11.5. The van der Waals surface area contributed by atoms with Gasteiger partial charge in [-0.2, -0.15) is 0 Å². The minimum atomic E-state index is -1.10. The van der Waals surface area contributed by atoms with Crippen LogP contribution in [-0.4, -0.2) is 35.5 Å². The number of hydrogen-bond donors (Lipinski definition) is 3. The summed E-state index contributed by atoms with van der Waals surface area (Å²) in [6.07, 6.45) is 0.938. The topological polar surface area (TPSA) is 105 Å². The predicted molar refractivity (Wildman–Crippen MR) is 126 cm³/mol. The van der Waals surface area contributed by atoms with E-state index >= 15 is 0 Å². The van der Waals surface area contributed by atoms with E-state index in [1.165, 1.54) is 6.08 Å². The normalized spacial score (nSPS) is 12.5. The van der Waals surface area contributed by atoms with Crippen molar-refractivity contribution in [2.24, 2.45) is 5.41 Å². The van der Waals surface area contributed by atoms with E-state index in [0.717, 1.165) is 16.8 Å². The Kier molecular flexibility index (Phi) is 7.69. The smallest absolute Gasteiger partial charge is 0.412 e. The van der Waals surface area contributed by atoms with E-state index in [9.17, 15) is 9.59 Å².